The zero-order chi connectivity index (χ0) is 12.5. The van der Waals surface area contributed by atoms with Crippen LogP contribution in [-0.4, -0.2) is 0 Å². The molecule has 2 aromatic carbocycles. The molecule has 4 heteroatoms. The van der Waals surface area contributed by atoms with Gasteiger partial charge in [-0.3, -0.25) is 0 Å². The van der Waals surface area contributed by atoms with E-state index in [1.807, 2.05) is 18.2 Å². The molecule has 0 heterocycles. The fourth-order valence-electron chi connectivity index (χ4n) is 1.54. The lowest BCUT2D eigenvalue weighted by atomic mass is 10.0. The maximum absolute atomic E-state index is 12.6. The Morgan fingerprint density at radius 3 is 2.00 bits per heavy atom. The Bertz CT molecular complexity index is 532. The molecular formula is C13H8F3I. The van der Waals surface area contributed by atoms with Gasteiger partial charge in [-0.1, -0.05) is 24.3 Å². The quantitative estimate of drug-likeness (QED) is 0.638. The predicted molar refractivity (Wildman–Crippen MR) is 69.6 cm³/mol. The lowest BCUT2D eigenvalue weighted by Gasteiger charge is -2.09. The van der Waals surface area contributed by atoms with Crippen LogP contribution in [0.25, 0.3) is 11.1 Å². The van der Waals surface area contributed by atoms with E-state index in [0.29, 0.717) is 5.56 Å². The summed E-state index contributed by atoms with van der Waals surface area (Å²) < 4.78 is 38.7. The zero-order valence-corrected chi connectivity index (χ0v) is 10.8. The lowest BCUT2D eigenvalue weighted by Crippen LogP contribution is -2.04. The van der Waals surface area contributed by atoms with Gasteiger partial charge in [-0.15, -0.1) is 0 Å². The fraction of sp³-hybridized carbons (Fsp3) is 0.0769. The molecule has 0 fully saturated rings. The van der Waals surface area contributed by atoms with Crippen LogP contribution < -0.4 is 0 Å². The van der Waals surface area contributed by atoms with Gasteiger partial charge in [-0.05, 0) is 58.0 Å². The average Bonchev–Trinajstić information content (AvgIpc) is 2.28. The Kier molecular flexibility index (Phi) is 3.42. The molecule has 0 atom stereocenters. The van der Waals surface area contributed by atoms with E-state index in [1.54, 1.807) is 12.1 Å². The molecule has 0 aliphatic rings. The van der Waals surface area contributed by atoms with E-state index in [4.69, 9.17) is 0 Å². The van der Waals surface area contributed by atoms with Crippen molar-refractivity contribution in [3.8, 4) is 11.1 Å². The molecule has 0 aromatic heterocycles. The predicted octanol–water partition coefficient (Wildman–Crippen LogP) is 4.98. The van der Waals surface area contributed by atoms with E-state index in [2.05, 4.69) is 22.6 Å². The molecule has 0 N–H and O–H groups in total. The van der Waals surface area contributed by atoms with Crippen LogP contribution in [-0.2, 0) is 6.18 Å². The van der Waals surface area contributed by atoms with Crippen molar-refractivity contribution in [2.45, 2.75) is 6.18 Å². The summed E-state index contributed by atoms with van der Waals surface area (Å²) in [5.74, 6) is 0. The molecule has 0 nitrogen and oxygen atoms in total. The van der Waals surface area contributed by atoms with Gasteiger partial charge in [-0.2, -0.15) is 13.2 Å². The van der Waals surface area contributed by atoms with E-state index in [-0.39, 0.29) is 0 Å². The molecule has 0 radical (unpaired) electrons. The lowest BCUT2D eigenvalue weighted by molar-refractivity contribution is -0.137. The molecule has 2 aromatic rings. The highest BCUT2D eigenvalue weighted by molar-refractivity contribution is 14.1. The van der Waals surface area contributed by atoms with E-state index < -0.39 is 11.7 Å². The molecule has 0 saturated heterocycles. The molecule has 88 valence electrons. The van der Waals surface area contributed by atoms with Crippen molar-refractivity contribution in [1.82, 2.24) is 0 Å². The summed E-state index contributed by atoms with van der Waals surface area (Å²) in [5, 5.41) is 0. The molecule has 0 saturated carbocycles. The monoisotopic (exact) mass is 348 g/mol. The Hall–Kier alpha value is -1.04. The molecule has 0 bridgehead atoms. The van der Waals surface area contributed by atoms with Gasteiger partial charge in [0, 0.05) is 3.57 Å². The van der Waals surface area contributed by atoms with Crippen molar-refractivity contribution in [2.75, 3.05) is 0 Å². The van der Waals surface area contributed by atoms with Gasteiger partial charge in [0.25, 0.3) is 0 Å². The second kappa shape index (κ2) is 4.68. The van der Waals surface area contributed by atoms with E-state index >= 15 is 0 Å². The van der Waals surface area contributed by atoms with Crippen LogP contribution in [0.4, 0.5) is 13.2 Å². The number of hydrogen-bond acceptors (Lipinski definition) is 0. The van der Waals surface area contributed by atoms with Crippen molar-refractivity contribution in [2.24, 2.45) is 0 Å². The van der Waals surface area contributed by atoms with Gasteiger partial charge in [0.1, 0.15) is 0 Å². The first-order valence-corrected chi connectivity index (χ1v) is 5.98. The summed E-state index contributed by atoms with van der Waals surface area (Å²) in [6.07, 6.45) is -4.29. The second-order valence-electron chi connectivity index (χ2n) is 3.59. The maximum Gasteiger partial charge on any atom is 0.416 e. The maximum atomic E-state index is 12.6. The van der Waals surface area contributed by atoms with Crippen molar-refractivity contribution in [1.29, 1.82) is 0 Å². The molecule has 0 unspecified atom stereocenters. The first kappa shape index (κ1) is 12.4. The minimum atomic E-state index is -4.29. The van der Waals surface area contributed by atoms with Gasteiger partial charge >= 0.3 is 6.18 Å². The Labute approximate surface area is 111 Å². The third-order valence-electron chi connectivity index (χ3n) is 2.35. The largest absolute Gasteiger partial charge is 0.416 e. The highest BCUT2D eigenvalue weighted by Crippen LogP contribution is 2.32. The van der Waals surface area contributed by atoms with E-state index in [1.165, 1.54) is 12.1 Å². The summed E-state index contributed by atoms with van der Waals surface area (Å²) in [5.41, 5.74) is 0.759. The molecule has 17 heavy (non-hydrogen) atoms. The Balaban J connectivity index is 2.47. The summed E-state index contributed by atoms with van der Waals surface area (Å²) in [4.78, 5) is 0. The molecule has 0 spiro atoms. The van der Waals surface area contributed by atoms with Crippen molar-refractivity contribution in [3.63, 3.8) is 0 Å². The van der Waals surface area contributed by atoms with E-state index in [0.717, 1.165) is 15.2 Å². The van der Waals surface area contributed by atoms with Gasteiger partial charge in [0.15, 0.2) is 0 Å². The van der Waals surface area contributed by atoms with Crippen LogP contribution in [0.5, 0.6) is 0 Å². The smallest absolute Gasteiger partial charge is 0.166 e. The fourth-order valence-corrected chi connectivity index (χ4v) is 2.09. The molecule has 2 rings (SSSR count). The van der Waals surface area contributed by atoms with Crippen molar-refractivity contribution < 1.29 is 13.2 Å². The van der Waals surface area contributed by atoms with Gasteiger partial charge in [-0.25, -0.2) is 0 Å². The van der Waals surface area contributed by atoms with Crippen LogP contribution in [0.2, 0.25) is 0 Å². The third kappa shape index (κ3) is 3.00. The Morgan fingerprint density at radius 2 is 1.41 bits per heavy atom. The van der Waals surface area contributed by atoms with Gasteiger partial charge < -0.3 is 0 Å². The van der Waals surface area contributed by atoms with Gasteiger partial charge in [0.05, 0.1) is 5.56 Å². The molecule has 0 amide bonds. The third-order valence-corrected chi connectivity index (χ3v) is 3.02. The topological polar surface area (TPSA) is 0 Å². The first-order chi connectivity index (χ1) is 7.97. The average molecular weight is 348 g/mol. The van der Waals surface area contributed by atoms with Crippen LogP contribution in [0.3, 0.4) is 0 Å². The van der Waals surface area contributed by atoms with Crippen molar-refractivity contribution >= 4 is 22.6 Å². The van der Waals surface area contributed by atoms with Crippen molar-refractivity contribution in [3.05, 3.63) is 57.7 Å². The van der Waals surface area contributed by atoms with Gasteiger partial charge in [0.2, 0.25) is 0 Å². The van der Waals surface area contributed by atoms with E-state index in [9.17, 15) is 13.2 Å². The minimum absolute atomic E-state index is 0.582. The first-order valence-electron chi connectivity index (χ1n) is 4.90. The number of benzene rings is 2. The van der Waals surface area contributed by atoms with Crippen LogP contribution >= 0.6 is 22.6 Å². The summed E-state index contributed by atoms with van der Waals surface area (Å²) in [6.45, 7) is 0. The number of alkyl halides is 3. The minimum Gasteiger partial charge on any atom is -0.166 e. The molecule has 0 aliphatic carbocycles. The van der Waals surface area contributed by atoms with Crippen LogP contribution in [0.15, 0.2) is 48.5 Å². The summed E-state index contributed by atoms with van der Waals surface area (Å²) in [7, 11) is 0. The summed E-state index contributed by atoms with van der Waals surface area (Å²) >= 11 is 2.13. The molecular weight excluding hydrogens is 340 g/mol. The standard InChI is InChI=1S/C13H8F3I/c14-13(15,16)11-5-1-3-9(7-11)10-4-2-6-12(17)8-10/h1-8H. The van der Waals surface area contributed by atoms with Crippen LogP contribution in [0, 0.1) is 3.57 Å². The normalized spacial score (nSPS) is 11.5. The number of halogens is 4. The highest BCUT2D eigenvalue weighted by atomic mass is 127. The van der Waals surface area contributed by atoms with Crippen LogP contribution in [0.1, 0.15) is 5.56 Å². The second-order valence-corrected chi connectivity index (χ2v) is 4.83. The SMILES string of the molecule is FC(F)(F)c1cccc(-c2cccc(I)c2)c1. The Morgan fingerprint density at radius 1 is 0.824 bits per heavy atom. The number of hydrogen-bond donors (Lipinski definition) is 0. The highest BCUT2D eigenvalue weighted by Gasteiger charge is 2.30. The molecule has 0 aliphatic heterocycles. The zero-order valence-electron chi connectivity index (χ0n) is 8.63. The summed E-state index contributed by atoms with van der Waals surface area (Å²) in [6, 6.07) is 12.8. The number of rotatable bonds is 1.